The van der Waals surface area contributed by atoms with Crippen LogP contribution in [0.3, 0.4) is 0 Å². The lowest BCUT2D eigenvalue weighted by molar-refractivity contribution is -0.181. The van der Waals surface area contributed by atoms with Gasteiger partial charge >= 0.3 is 12.1 Å². The van der Waals surface area contributed by atoms with Crippen LogP contribution >= 0.6 is 11.6 Å². The highest BCUT2D eigenvalue weighted by molar-refractivity contribution is 6.30. The van der Waals surface area contributed by atoms with E-state index in [-0.39, 0.29) is 35.8 Å². The lowest BCUT2D eigenvalue weighted by atomic mass is 9.91. The van der Waals surface area contributed by atoms with Crippen LogP contribution in [-0.2, 0) is 20.7 Å². The summed E-state index contributed by atoms with van der Waals surface area (Å²) in [7, 11) is 0. The Kier molecular flexibility index (Phi) is 8.89. The normalized spacial score (nSPS) is 16.8. The zero-order valence-electron chi connectivity index (χ0n) is 20.4. The summed E-state index contributed by atoms with van der Waals surface area (Å²) < 4.78 is 82.8. The van der Waals surface area contributed by atoms with Gasteiger partial charge in [0.2, 0.25) is 0 Å². The average Bonchev–Trinajstić information content (AvgIpc) is 2.74. The molecule has 2 aromatic rings. The molecular weight excluding hydrogens is 525 g/mol. The maximum Gasteiger partial charge on any atom is 0.395 e. The number of rotatable bonds is 7. The van der Waals surface area contributed by atoms with Crippen molar-refractivity contribution in [3.63, 3.8) is 0 Å². The van der Waals surface area contributed by atoms with E-state index in [2.05, 4.69) is 0 Å². The van der Waals surface area contributed by atoms with Gasteiger partial charge in [-0.15, -0.1) is 0 Å². The number of carbonyl (C=O) groups excluding carboxylic acids is 1. The molecule has 12 heteroatoms. The SMILES string of the molecule is CC(C)(C)OC(=O)C(CCOCC(F)F)n1cc2c(cc1=O)-c1cc(Cl)ccc1C[C@@H](C(F)(F)F)CO2. The molecule has 0 spiro atoms. The van der Waals surface area contributed by atoms with Crippen LogP contribution in [0.15, 0.2) is 35.3 Å². The second kappa shape index (κ2) is 11.4. The van der Waals surface area contributed by atoms with E-state index in [9.17, 15) is 31.5 Å². The van der Waals surface area contributed by atoms with Crippen LogP contribution in [0.4, 0.5) is 22.0 Å². The number of benzene rings is 1. The van der Waals surface area contributed by atoms with Crippen LogP contribution in [0.2, 0.25) is 5.02 Å². The van der Waals surface area contributed by atoms with Crippen molar-refractivity contribution < 1.29 is 41.0 Å². The van der Waals surface area contributed by atoms with Crippen molar-refractivity contribution in [2.75, 3.05) is 19.8 Å². The van der Waals surface area contributed by atoms with Gasteiger partial charge in [-0.2, -0.15) is 13.2 Å². The Labute approximate surface area is 215 Å². The van der Waals surface area contributed by atoms with Crippen LogP contribution in [0, 0.1) is 5.92 Å². The molecule has 1 aliphatic heterocycles. The molecule has 0 fully saturated rings. The molecule has 1 aliphatic rings. The number of pyridine rings is 1. The van der Waals surface area contributed by atoms with Crippen LogP contribution in [-0.4, -0.2) is 48.6 Å². The van der Waals surface area contributed by atoms with Gasteiger partial charge in [0, 0.05) is 29.7 Å². The Morgan fingerprint density at radius 2 is 1.89 bits per heavy atom. The second-order valence-electron chi connectivity index (χ2n) is 9.66. The topological polar surface area (TPSA) is 66.8 Å². The standard InChI is InChI=1S/C25H27ClF5NO5/c1-24(2,3)37-23(34)19(6-7-35-13-21(27)28)32-11-20-18(10-22(32)33)17-9-16(26)5-4-14(17)8-15(12-36-20)25(29,30)31/h4-5,9-11,15,19,21H,6-8,12-13H2,1-3H3/t15-,19?/m1/s1. The van der Waals surface area contributed by atoms with E-state index in [0.717, 1.165) is 16.8 Å². The molecule has 1 aromatic carbocycles. The van der Waals surface area contributed by atoms with Crippen LogP contribution in [0.5, 0.6) is 5.75 Å². The molecule has 1 aromatic heterocycles. The third-order valence-electron chi connectivity index (χ3n) is 5.57. The third-order valence-corrected chi connectivity index (χ3v) is 5.80. The number of esters is 1. The molecule has 0 saturated heterocycles. The molecule has 0 N–H and O–H groups in total. The summed E-state index contributed by atoms with van der Waals surface area (Å²) in [6.45, 7) is 2.96. The van der Waals surface area contributed by atoms with E-state index >= 15 is 0 Å². The van der Waals surface area contributed by atoms with Gasteiger partial charge in [0.25, 0.3) is 12.0 Å². The van der Waals surface area contributed by atoms with Gasteiger partial charge < -0.3 is 14.2 Å². The molecule has 0 aliphatic carbocycles. The van der Waals surface area contributed by atoms with E-state index in [1.807, 2.05) is 0 Å². The zero-order valence-corrected chi connectivity index (χ0v) is 21.2. The lowest BCUT2D eigenvalue weighted by Gasteiger charge is -2.28. The first-order chi connectivity index (χ1) is 17.2. The highest BCUT2D eigenvalue weighted by atomic mass is 35.5. The first-order valence-corrected chi connectivity index (χ1v) is 11.9. The zero-order chi connectivity index (χ0) is 27.5. The van der Waals surface area contributed by atoms with E-state index < -0.39 is 54.9 Å². The molecular formula is C25H27ClF5NO5. The molecule has 6 nitrogen and oxygen atoms in total. The molecule has 0 bridgehead atoms. The Bertz CT molecular complexity index is 1180. The van der Waals surface area contributed by atoms with E-state index in [1.54, 1.807) is 20.8 Å². The number of hydrogen-bond acceptors (Lipinski definition) is 5. The Morgan fingerprint density at radius 1 is 1.19 bits per heavy atom. The fraction of sp³-hybridized carbons (Fsp3) is 0.520. The highest BCUT2D eigenvalue weighted by Gasteiger charge is 2.41. The maximum atomic E-state index is 13.7. The van der Waals surface area contributed by atoms with Crippen molar-refractivity contribution in [2.24, 2.45) is 5.92 Å². The Morgan fingerprint density at radius 3 is 2.51 bits per heavy atom. The second-order valence-corrected chi connectivity index (χ2v) is 10.1. The molecule has 0 radical (unpaired) electrons. The number of carbonyl (C=O) groups is 1. The molecule has 1 unspecified atom stereocenters. The summed E-state index contributed by atoms with van der Waals surface area (Å²) in [6.07, 6.45) is -6.71. The fourth-order valence-electron chi connectivity index (χ4n) is 3.91. The van der Waals surface area contributed by atoms with E-state index in [0.29, 0.717) is 11.1 Å². The minimum Gasteiger partial charge on any atom is -0.491 e. The smallest absolute Gasteiger partial charge is 0.395 e. The number of halogens is 6. The summed E-state index contributed by atoms with van der Waals surface area (Å²) in [5.41, 5.74) is -0.757. The monoisotopic (exact) mass is 551 g/mol. The summed E-state index contributed by atoms with van der Waals surface area (Å²) in [5.74, 6) is -2.73. The van der Waals surface area contributed by atoms with Crippen LogP contribution in [0.25, 0.3) is 11.1 Å². The van der Waals surface area contributed by atoms with Crippen molar-refractivity contribution in [2.45, 2.75) is 57.9 Å². The number of fused-ring (bicyclic) bond motifs is 3. The average molecular weight is 552 g/mol. The molecule has 3 rings (SSSR count). The van der Waals surface area contributed by atoms with Gasteiger partial charge in [0.1, 0.15) is 30.6 Å². The fourth-order valence-corrected chi connectivity index (χ4v) is 4.08. The first kappa shape index (κ1) is 28.9. The van der Waals surface area contributed by atoms with Crippen LogP contribution in [0.1, 0.15) is 38.8 Å². The number of hydrogen-bond donors (Lipinski definition) is 0. The van der Waals surface area contributed by atoms with Gasteiger partial charge in [-0.25, -0.2) is 13.6 Å². The number of aromatic nitrogens is 1. The van der Waals surface area contributed by atoms with Crippen molar-refractivity contribution in [1.29, 1.82) is 0 Å². The number of alkyl halides is 5. The summed E-state index contributed by atoms with van der Waals surface area (Å²) in [4.78, 5) is 26.2. The maximum absolute atomic E-state index is 13.7. The number of nitrogens with zero attached hydrogens (tertiary/aromatic N) is 1. The molecule has 0 amide bonds. The van der Waals surface area contributed by atoms with Crippen LogP contribution < -0.4 is 10.3 Å². The Hall–Kier alpha value is -2.66. The van der Waals surface area contributed by atoms with E-state index in [1.165, 1.54) is 18.2 Å². The first-order valence-electron chi connectivity index (χ1n) is 11.5. The van der Waals surface area contributed by atoms with Crippen molar-refractivity contribution >= 4 is 17.6 Å². The van der Waals surface area contributed by atoms with Gasteiger partial charge in [-0.3, -0.25) is 9.36 Å². The summed E-state index contributed by atoms with van der Waals surface area (Å²) in [5, 5.41) is 0.251. The number of ether oxygens (including phenoxy) is 3. The minimum absolute atomic E-state index is 0.0703. The molecule has 2 atom stereocenters. The van der Waals surface area contributed by atoms with Gasteiger partial charge in [-0.05, 0) is 50.5 Å². The van der Waals surface area contributed by atoms with Gasteiger partial charge in [0.05, 0.1) is 12.1 Å². The van der Waals surface area contributed by atoms with Gasteiger partial charge in [0.15, 0.2) is 0 Å². The molecule has 204 valence electrons. The quantitative estimate of drug-likeness (QED) is 0.246. The molecule has 0 saturated carbocycles. The van der Waals surface area contributed by atoms with Gasteiger partial charge in [-0.1, -0.05) is 17.7 Å². The molecule has 37 heavy (non-hydrogen) atoms. The largest absolute Gasteiger partial charge is 0.491 e. The third kappa shape index (κ3) is 7.67. The predicted molar refractivity (Wildman–Crippen MR) is 126 cm³/mol. The van der Waals surface area contributed by atoms with Crippen molar-refractivity contribution in [1.82, 2.24) is 4.57 Å². The van der Waals surface area contributed by atoms with Crippen molar-refractivity contribution in [3.8, 4) is 16.9 Å². The lowest BCUT2D eigenvalue weighted by Crippen LogP contribution is -2.36. The molecule has 2 heterocycles. The highest BCUT2D eigenvalue weighted by Crippen LogP contribution is 2.40. The summed E-state index contributed by atoms with van der Waals surface area (Å²) in [6, 6.07) is 4.23. The summed E-state index contributed by atoms with van der Waals surface area (Å²) >= 11 is 6.11. The Balaban J connectivity index is 2.08. The predicted octanol–water partition coefficient (Wildman–Crippen LogP) is 5.84. The van der Waals surface area contributed by atoms with E-state index in [4.69, 9.17) is 25.8 Å². The van der Waals surface area contributed by atoms with Crippen molar-refractivity contribution in [3.05, 3.63) is 51.4 Å². The minimum atomic E-state index is -4.55.